The van der Waals surface area contributed by atoms with Gasteiger partial charge in [0.1, 0.15) is 6.04 Å². The molecule has 0 bridgehead atoms. The van der Waals surface area contributed by atoms with Gasteiger partial charge in [-0.3, -0.25) is 9.59 Å². The third-order valence-corrected chi connectivity index (χ3v) is 5.43. The molecule has 1 heterocycles. The summed E-state index contributed by atoms with van der Waals surface area (Å²) in [5, 5.41) is 9.22. The average Bonchev–Trinajstić information content (AvgIpc) is 3.10. The molecule has 1 aromatic carbocycles. The van der Waals surface area contributed by atoms with E-state index in [1.54, 1.807) is 45.8 Å². The SMILES string of the molecule is CCN(CC)C(=O)C1CSCN1C(=O)CCc1ccccc1C(=O)O. The van der Waals surface area contributed by atoms with Gasteiger partial charge in [0.25, 0.3) is 0 Å². The molecule has 1 atom stereocenters. The van der Waals surface area contributed by atoms with Crippen LogP contribution in [-0.2, 0) is 16.0 Å². The summed E-state index contributed by atoms with van der Waals surface area (Å²) in [5.41, 5.74) is 0.865. The zero-order valence-corrected chi connectivity index (χ0v) is 15.4. The Morgan fingerprint density at radius 3 is 2.56 bits per heavy atom. The molecule has 2 rings (SSSR count). The van der Waals surface area contributed by atoms with Crippen molar-refractivity contribution in [3.8, 4) is 0 Å². The number of carboxylic acid groups (broad SMARTS) is 1. The second-order valence-corrected chi connectivity index (χ2v) is 6.85. The molecule has 0 aliphatic carbocycles. The maximum absolute atomic E-state index is 12.6. The molecule has 7 heteroatoms. The molecule has 1 aliphatic heterocycles. The van der Waals surface area contributed by atoms with Crippen LogP contribution in [0, 0.1) is 0 Å². The van der Waals surface area contributed by atoms with Crippen LogP contribution in [0.2, 0.25) is 0 Å². The van der Waals surface area contributed by atoms with Crippen LogP contribution in [0.1, 0.15) is 36.2 Å². The van der Waals surface area contributed by atoms with Gasteiger partial charge in [0.2, 0.25) is 11.8 Å². The first-order valence-electron chi connectivity index (χ1n) is 8.46. The summed E-state index contributed by atoms with van der Waals surface area (Å²) in [5.74, 6) is 0.0310. The molecule has 25 heavy (non-hydrogen) atoms. The molecule has 0 spiro atoms. The van der Waals surface area contributed by atoms with Gasteiger partial charge in [-0.25, -0.2) is 4.79 Å². The van der Waals surface area contributed by atoms with Crippen molar-refractivity contribution in [1.82, 2.24) is 9.80 Å². The van der Waals surface area contributed by atoms with E-state index in [0.717, 1.165) is 0 Å². The summed E-state index contributed by atoms with van der Waals surface area (Å²) in [6.45, 7) is 5.12. The number of nitrogens with zero attached hydrogens (tertiary/aromatic N) is 2. The first-order chi connectivity index (χ1) is 12.0. The lowest BCUT2D eigenvalue weighted by molar-refractivity contribution is -0.143. The van der Waals surface area contributed by atoms with E-state index in [4.69, 9.17) is 0 Å². The zero-order valence-electron chi connectivity index (χ0n) is 14.6. The maximum atomic E-state index is 12.6. The Bertz CT molecular complexity index is 646. The minimum atomic E-state index is -0.991. The van der Waals surface area contributed by atoms with Crippen molar-refractivity contribution in [2.45, 2.75) is 32.7 Å². The number of thioether (sulfide) groups is 1. The highest BCUT2D eigenvalue weighted by molar-refractivity contribution is 7.99. The third kappa shape index (κ3) is 4.54. The monoisotopic (exact) mass is 364 g/mol. The Morgan fingerprint density at radius 1 is 1.24 bits per heavy atom. The van der Waals surface area contributed by atoms with Crippen LogP contribution in [0.3, 0.4) is 0 Å². The van der Waals surface area contributed by atoms with Crippen molar-refractivity contribution in [2.75, 3.05) is 24.7 Å². The van der Waals surface area contributed by atoms with Crippen molar-refractivity contribution >= 4 is 29.5 Å². The highest BCUT2D eigenvalue weighted by Gasteiger charge is 2.36. The van der Waals surface area contributed by atoms with Crippen molar-refractivity contribution in [3.63, 3.8) is 0 Å². The van der Waals surface area contributed by atoms with Crippen molar-refractivity contribution < 1.29 is 19.5 Å². The Morgan fingerprint density at radius 2 is 1.92 bits per heavy atom. The van der Waals surface area contributed by atoms with E-state index in [0.29, 0.717) is 36.7 Å². The number of likely N-dealkylation sites (N-methyl/N-ethyl adjacent to an activating group) is 1. The third-order valence-electron chi connectivity index (χ3n) is 4.42. The molecule has 1 aliphatic rings. The molecule has 1 saturated heterocycles. The van der Waals surface area contributed by atoms with E-state index in [-0.39, 0.29) is 23.8 Å². The number of aromatic carboxylic acids is 1. The van der Waals surface area contributed by atoms with Gasteiger partial charge in [0.05, 0.1) is 11.4 Å². The molecule has 136 valence electrons. The molecule has 2 amide bonds. The quantitative estimate of drug-likeness (QED) is 0.801. The minimum Gasteiger partial charge on any atom is -0.478 e. The molecular weight excluding hydrogens is 340 g/mol. The molecule has 0 radical (unpaired) electrons. The zero-order chi connectivity index (χ0) is 18.4. The maximum Gasteiger partial charge on any atom is 0.335 e. The van der Waals surface area contributed by atoms with Gasteiger partial charge < -0.3 is 14.9 Å². The molecule has 1 fully saturated rings. The predicted octanol–water partition coefficient (Wildman–Crippen LogP) is 2.09. The van der Waals surface area contributed by atoms with Crippen LogP contribution in [0.4, 0.5) is 0 Å². The summed E-state index contributed by atoms with van der Waals surface area (Å²) in [4.78, 5) is 39.8. The summed E-state index contributed by atoms with van der Waals surface area (Å²) >= 11 is 1.58. The fourth-order valence-corrected chi connectivity index (χ4v) is 4.14. The van der Waals surface area contributed by atoms with E-state index in [2.05, 4.69) is 0 Å². The van der Waals surface area contributed by atoms with E-state index >= 15 is 0 Å². The molecule has 6 nitrogen and oxygen atoms in total. The lowest BCUT2D eigenvalue weighted by Gasteiger charge is -2.28. The number of carboxylic acids is 1. The number of carbonyl (C=O) groups excluding carboxylic acids is 2. The fraction of sp³-hybridized carbons (Fsp3) is 0.500. The fourth-order valence-electron chi connectivity index (χ4n) is 2.97. The lowest BCUT2D eigenvalue weighted by Crippen LogP contribution is -2.49. The highest BCUT2D eigenvalue weighted by atomic mass is 32.2. The van der Waals surface area contributed by atoms with Crippen LogP contribution in [0.25, 0.3) is 0 Å². The number of aryl methyl sites for hydroxylation is 1. The second kappa shape index (κ2) is 8.89. The average molecular weight is 364 g/mol. The van der Waals surface area contributed by atoms with Crippen LogP contribution < -0.4 is 0 Å². The smallest absolute Gasteiger partial charge is 0.335 e. The summed E-state index contributed by atoms with van der Waals surface area (Å²) in [7, 11) is 0. The van der Waals surface area contributed by atoms with Gasteiger partial charge in [0, 0.05) is 25.3 Å². The normalized spacial score (nSPS) is 16.7. The van der Waals surface area contributed by atoms with Gasteiger partial charge in [-0.2, -0.15) is 0 Å². The van der Waals surface area contributed by atoms with Gasteiger partial charge in [0.15, 0.2) is 0 Å². The van der Waals surface area contributed by atoms with E-state index < -0.39 is 12.0 Å². The van der Waals surface area contributed by atoms with Crippen LogP contribution in [-0.4, -0.2) is 63.5 Å². The Labute approximate surface area is 152 Å². The first kappa shape index (κ1) is 19.3. The molecule has 0 aromatic heterocycles. The standard InChI is InChI=1S/C18H24N2O4S/c1-3-19(4-2)17(22)15-11-25-12-20(15)16(21)10-9-13-7-5-6-8-14(13)18(23)24/h5-8,15H,3-4,9-12H2,1-2H3,(H,23,24). The van der Waals surface area contributed by atoms with Crippen LogP contribution in [0.5, 0.6) is 0 Å². The van der Waals surface area contributed by atoms with Crippen LogP contribution in [0.15, 0.2) is 24.3 Å². The molecule has 1 unspecified atom stereocenters. The Balaban J connectivity index is 2.03. The summed E-state index contributed by atoms with van der Waals surface area (Å²) in [6, 6.07) is 6.30. The number of hydrogen-bond acceptors (Lipinski definition) is 4. The number of hydrogen-bond donors (Lipinski definition) is 1. The Kier molecular flexibility index (Phi) is 6.87. The van der Waals surface area contributed by atoms with E-state index in [9.17, 15) is 19.5 Å². The van der Waals surface area contributed by atoms with Crippen molar-refractivity contribution in [2.24, 2.45) is 0 Å². The number of rotatable bonds is 7. The summed E-state index contributed by atoms with van der Waals surface area (Å²) < 4.78 is 0. The van der Waals surface area contributed by atoms with Gasteiger partial charge in [-0.05, 0) is 31.9 Å². The first-order valence-corrected chi connectivity index (χ1v) is 9.62. The number of carbonyl (C=O) groups is 3. The van der Waals surface area contributed by atoms with Gasteiger partial charge >= 0.3 is 5.97 Å². The van der Waals surface area contributed by atoms with E-state index in [1.165, 1.54) is 0 Å². The molecule has 1 aromatic rings. The van der Waals surface area contributed by atoms with Crippen LogP contribution >= 0.6 is 11.8 Å². The Hall–Kier alpha value is -2.02. The largest absolute Gasteiger partial charge is 0.478 e. The minimum absolute atomic E-state index is 0.00529. The predicted molar refractivity (Wildman–Crippen MR) is 97.6 cm³/mol. The van der Waals surface area contributed by atoms with Crippen molar-refractivity contribution in [1.29, 1.82) is 0 Å². The number of amides is 2. The van der Waals surface area contributed by atoms with Gasteiger partial charge in [-0.1, -0.05) is 18.2 Å². The van der Waals surface area contributed by atoms with Crippen molar-refractivity contribution in [3.05, 3.63) is 35.4 Å². The summed E-state index contributed by atoms with van der Waals surface area (Å²) in [6.07, 6.45) is 0.557. The molecule has 1 N–H and O–H groups in total. The highest BCUT2D eigenvalue weighted by Crippen LogP contribution is 2.24. The number of benzene rings is 1. The molecular formula is C18H24N2O4S. The lowest BCUT2D eigenvalue weighted by atomic mass is 10.0. The molecule has 0 saturated carbocycles. The van der Waals surface area contributed by atoms with Gasteiger partial charge in [-0.15, -0.1) is 11.8 Å². The van der Waals surface area contributed by atoms with E-state index in [1.807, 2.05) is 13.8 Å². The topological polar surface area (TPSA) is 77.9 Å². The second-order valence-electron chi connectivity index (χ2n) is 5.85.